The Balaban J connectivity index is 1.51. The lowest BCUT2D eigenvalue weighted by Crippen LogP contribution is -2.48. The number of nitrogens with zero attached hydrogens (tertiary/aromatic N) is 5. The number of anilines is 2. The summed E-state index contributed by atoms with van der Waals surface area (Å²) < 4.78 is 54.1. The molecule has 2 aromatic rings. The van der Waals surface area contributed by atoms with Crippen molar-refractivity contribution in [3.63, 3.8) is 0 Å². The van der Waals surface area contributed by atoms with Crippen LogP contribution in [0.5, 0.6) is 0 Å². The quantitative estimate of drug-likeness (QED) is 0.692. The van der Waals surface area contributed by atoms with E-state index in [1.54, 1.807) is 6.33 Å². The highest BCUT2D eigenvalue weighted by molar-refractivity contribution is 7.89. The monoisotopic (exact) mass is 437 g/mol. The van der Waals surface area contributed by atoms with Crippen LogP contribution >= 0.6 is 0 Å². The molecule has 0 unspecified atom stereocenters. The van der Waals surface area contributed by atoms with Gasteiger partial charge in [0.25, 0.3) is 0 Å². The number of sulfonamides is 1. The van der Waals surface area contributed by atoms with Crippen molar-refractivity contribution in [1.82, 2.24) is 14.3 Å². The number of piperidine rings is 1. The highest BCUT2D eigenvalue weighted by Gasteiger charge is 2.38. The minimum absolute atomic E-state index is 0.151. The van der Waals surface area contributed by atoms with Crippen LogP contribution in [0.15, 0.2) is 35.5 Å². The van der Waals surface area contributed by atoms with Crippen molar-refractivity contribution in [2.24, 2.45) is 0 Å². The topological polar surface area (TPSA) is 69.6 Å². The highest BCUT2D eigenvalue weighted by atomic mass is 32.2. The lowest BCUT2D eigenvalue weighted by atomic mass is 10.0. The summed E-state index contributed by atoms with van der Waals surface area (Å²) in [7, 11) is -0.0953. The molecule has 0 bridgehead atoms. The third kappa shape index (κ3) is 4.24. The predicted molar refractivity (Wildman–Crippen MR) is 110 cm³/mol. The van der Waals surface area contributed by atoms with Crippen LogP contribution in [0.1, 0.15) is 25.7 Å². The standard InChI is InChI=1S/C20H25F2N5O2S/c1-25(2)19-12-20(24-13-23-19)27(16-3-4-16)17-5-7-26(8-6-17)30(28,29)18-10-14(21)9-15(22)11-18/h9-13,16-17H,3-8H2,1-2H3. The van der Waals surface area contributed by atoms with E-state index in [1.165, 1.54) is 4.31 Å². The first-order chi connectivity index (χ1) is 14.3. The zero-order valence-corrected chi connectivity index (χ0v) is 17.8. The summed E-state index contributed by atoms with van der Waals surface area (Å²) in [5.74, 6) is -0.129. The Hall–Kier alpha value is -2.33. The molecule has 1 aliphatic heterocycles. The first kappa shape index (κ1) is 20.9. The van der Waals surface area contributed by atoms with Gasteiger partial charge in [-0.25, -0.2) is 27.2 Å². The molecule has 1 aromatic heterocycles. The summed E-state index contributed by atoms with van der Waals surface area (Å²) in [5, 5.41) is 0. The molecule has 2 fully saturated rings. The Morgan fingerprint density at radius 2 is 1.47 bits per heavy atom. The van der Waals surface area contributed by atoms with Crippen LogP contribution in [0, 0.1) is 11.6 Å². The van der Waals surface area contributed by atoms with Gasteiger partial charge in [0.15, 0.2) is 0 Å². The van der Waals surface area contributed by atoms with Crippen LogP contribution in [0.3, 0.4) is 0 Å². The van der Waals surface area contributed by atoms with E-state index in [4.69, 9.17) is 0 Å². The van der Waals surface area contributed by atoms with Gasteiger partial charge in [0.1, 0.15) is 29.6 Å². The van der Waals surface area contributed by atoms with Gasteiger partial charge in [0, 0.05) is 51.4 Å². The number of rotatable bonds is 6. The Kier molecular flexibility index (Phi) is 5.63. The van der Waals surface area contributed by atoms with E-state index >= 15 is 0 Å². The van der Waals surface area contributed by atoms with Crippen molar-refractivity contribution in [3.8, 4) is 0 Å². The van der Waals surface area contributed by atoms with Crippen molar-refractivity contribution in [3.05, 3.63) is 42.2 Å². The molecule has 1 aliphatic carbocycles. The van der Waals surface area contributed by atoms with Gasteiger partial charge in [-0.3, -0.25) is 0 Å². The van der Waals surface area contributed by atoms with Crippen molar-refractivity contribution < 1.29 is 17.2 Å². The van der Waals surface area contributed by atoms with Crippen molar-refractivity contribution in [2.45, 2.75) is 42.7 Å². The molecule has 2 heterocycles. The Labute approximate surface area is 175 Å². The molecule has 0 N–H and O–H groups in total. The number of benzene rings is 1. The molecule has 1 saturated heterocycles. The summed E-state index contributed by atoms with van der Waals surface area (Å²) in [5.41, 5.74) is 0. The fraction of sp³-hybridized carbons (Fsp3) is 0.500. The maximum atomic E-state index is 13.5. The van der Waals surface area contributed by atoms with Crippen molar-refractivity contribution >= 4 is 21.7 Å². The van der Waals surface area contributed by atoms with Gasteiger partial charge >= 0.3 is 0 Å². The van der Waals surface area contributed by atoms with Gasteiger partial charge in [-0.15, -0.1) is 0 Å². The van der Waals surface area contributed by atoms with Gasteiger partial charge in [0.2, 0.25) is 10.0 Å². The lowest BCUT2D eigenvalue weighted by molar-refractivity contribution is 0.308. The van der Waals surface area contributed by atoms with Gasteiger partial charge in [0.05, 0.1) is 4.90 Å². The summed E-state index contributed by atoms with van der Waals surface area (Å²) in [4.78, 5) is 12.6. The van der Waals surface area contributed by atoms with Crippen LogP contribution in [-0.4, -0.2) is 62.0 Å². The van der Waals surface area contributed by atoms with Gasteiger partial charge in [-0.2, -0.15) is 4.31 Å². The van der Waals surface area contributed by atoms with Gasteiger partial charge < -0.3 is 9.80 Å². The summed E-state index contributed by atoms with van der Waals surface area (Å²) in [6, 6.07) is 4.91. The maximum Gasteiger partial charge on any atom is 0.243 e. The van der Waals surface area contributed by atoms with Crippen LogP contribution < -0.4 is 9.80 Å². The third-order valence-corrected chi connectivity index (χ3v) is 7.47. The number of hydrogen-bond acceptors (Lipinski definition) is 6. The van der Waals surface area contributed by atoms with E-state index in [1.807, 2.05) is 25.1 Å². The minimum Gasteiger partial charge on any atom is -0.363 e. The third-order valence-electron chi connectivity index (χ3n) is 5.59. The molecule has 1 saturated carbocycles. The van der Waals surface area contributed by atoms with Crippen molar-refractivity contribution in [2.75, 3.05) is 37.0 Å². The summed E-state index contributed by atoms with van der Waals surface area (Å²) >= 11 is 0. The highest BCUT2D eigenvalue weighted by Crippen LogP contribution is 2.36. The second-order valence-electron chi connectivity index (χ2n) is 8.01. The first-order valence-corrected chi connectivity index (χ1v) is 11.4. The Morgan fingerprint density at radius 3 is 2.03 bits per heavy atom. The molecule has 4 rings (SSSR count). The second kappa shape index (κ2) is 8.07. The first-order valence-electron chi connectivity index (χ1n) is 9.99. The van der Waals surface area contributed by atoms with E-state index < -0.39 is 21.7 Å². The van der Waals surface area contributed by atoms with E-state index in [-0.39, 0.29) is 10.9 Å². The molecule has 0 radical (unpaired) electrons. The van der Waals surface area contributed by atoms with Crippen LogP contribution in [-0.2, 0) is 10.0 Å². The smallest absolute Gasteiger partial charge is 0.243 e. The average molecular weight is 438 g/mol. The fourth-order valence-corrected chi connectivity index (χ4v) is 5.45. The molecule has 162 valence electrons. The number of aromatic nitrogens is 2. The summed E-state index contributed by atoms with van der Waals surface area (Å²) in [6.45, 7) is 0.583. The molecule has 0 spiro atoms. The molecule has 0 amide bonds. The molecule has 10 heteroatoms. The maximum absolute atomic E-state index is 13.5. The zero-order chi connectivity index (χ0) is 21.5. The minimum atomic E-state index is -3.94. The van der Waals surface area contributed by atoms with Crippen LogP contribution in [0.2, 0.25) is 0 Å². The molecule has 30 heavy (non-hydrogen) atoms. The Bertz CT molecular complexity index is 1000. The fourth-order valence-electron chi connectivity index (χ4n) is 3.94. The Morgan fingerprint density at radius 1 is 0.900 bits per heavy atom. The van der Waals surface area contributed by atoms with E-state index in [0.717, 1.165) is 36.6 Å². The van der Waals surface area contributed by atoms with E-state index in [0.29, 0.717) is 38.0 Å². The van der Waals surface area contributed by atoms with Crippen LogP contribution in [0.25, 0.3) is 0 Å². The molecule has 7 nitrogen and oxygen atoms in total. The average Bonchev–Trinajstić information content (AvgIpc) is 3.53. The van der Waals surface area contributed by atoms with Gasteiger partial charge in [-0.05, 0) is 37.8 Å². The predicted octanol–water partition coefficient (Wildman–Crippen LogP) is 2.64. The summed E-state index contributed by atoms with van der Waals surface area (Å²) in [6.07, 6.45) is 4.96. The van der Waals surface area contributed by atoms with Crippen LogP contribution in [0.4, 0.5) is 20.4 Å². The van der Waals surface area contributed by atoms with Crippen molar-refractivity contribution in [1.29, 1.82) is 0 Å². The lowest BCUT2D eigenvalue weighted by Gasteiger charge is -2.39. The molecular weight excluding hydrogens is 412 g/mol. The zero-order valence-electron chi connectivity index (χ0n) is 17.0. The van der Waals surface area contributed by atoms with E-state index in [9.17, 15) is 17.2 Å². The normalized spacial score (nSPS) is 18.4. The number of hydrogen-bond donors (Lipinski definition) is 0. The number of halogens is 2. The molecular formula is C20H25F2N5O2S. The van der Waals surface area contributed by atoms with E-state index in [2.05, 4.69) is 14.9 Å². The molecule has 2 aliphatic rings. The SMILES string of the molecule is CN(C)c1cc(N(C2CC2)C2CCN(S(=O)(=O)c3cc(F)cc(F)c3)CC2)ncn1. The molecule has 0 atom stereocenters. The largest absolute Gasteiger partial charge is 0.363 e. The molecule has 1 aromatic carbocycles. The van der Waals surface area contributed by atoms with Gasteiger partial charge in [-0.1, -0.05) is 0 Å². The second-order valence-corrected chi connectivity index (χ2v) is 9.95.